The van der Waals surface area contributed by atoms with Gasteiger partial charge in [0.2, 0.25) is 0 Å². The second-order valence-corrected chi connectivity index (χ2v) is 8.87. The molecule has 0 spiro atoms. The normalized spacial score (nSPS) is 20.9. The Morgan fingerprint density at radius 2 is 2.04 bits per heavy atom. The quantitative estimate of drug-likeness (QED) is 0.556. The number of carbonyl (C=O) groups excluding carboxylic acids is 1. The molecule has 0 aliphatic carbocycles. The van der Waals surface area contributed by atoms with Gasteiger partial charge in [0.15, 0.2) is 15.8 Å². The third kappa shape index (κ3) is 7.54. The van der Waals surface area contributed by atoms with Gasteiger partial charge in [0.05, 0.1) is 11.5 Å². The molecule has 0 radical (unpaired) electrons. The second-order valence-electron chi connectivity index (χ2n) is 6.65. The summed E-state index contributed by atoms with van der Waals surface area (Å²) in [5.74, 6) is 0.874. The summed E-state index contributed by atoms with van der Waals surface area (Å²) in [6, 6.07) is -0.116. The van der Waals surface area contributed by atoms with Gasteiger partial charge in [-0.3, -0.25) is 4.99 Å². The van der Waals surface area contributed by atoms with Crippen LogP contribution in [0.2, 0.25) is 0 Å². The number of aliphatic imine (C=N–C) groups is 1. The molecule has 0 aromatic carbocycles. The van der Waals surface area contributed by atoms with Crippen LogP contribution in [0.1, 0.15) is 27.2 Å². The number of sulfone groups is 1. The van der Waals surface area contributed by atoms with Crippen molar-refractivity contribution in [3.63, 3.8) is 0 Å². The maximum absolute atomic E-state index is 11.8. The molecule has 1 unspecified atom stereocenters. The standard InChI is InChI=1S/C14H28N4O4S/c1-14(2,3)22-13(19)18(5)8-7-16-12(15-4)17-11-6-9-23(20,21)10-11/h11H,6-10H2,1-5H3,(H2,15,16,17). The van der Waals surface area contributed by atoms with Crippen LogP contribution in [-0.2, 0) is 14.6 Å². The third-order valence-electron chi connectivity index (χ3n) is 3.24. The topological polar surface area (TPSA) is 100 Å². The SMILES string of the molecule is CN=C(NCCN(C)C(=O)OC(C)(C)C)NC1CCS(=O)(=O)C1. The van der Waals surface area contributed by atoms with Crippen molar-refractivity contribution in [1.29, 1.82) is 0 Å². The molecule has 1 heterocycles. The Bertz CT molecular complexity index is 539. The van der Waals surface area contributed by atoms with Gasteiger partial charge in [-0.1, -0.05) is 0 Å². The molecule has 9 heteroatoms. The largest absolute Gasteiger partial charge is 0.444 e. The molecule has 1 fully saturated rings. The summed E-state index contributed by atoms with van der Waals surface area (Å²) < 4.78 is 28.2. The summed E-state index contributed by atoms with van der Waals surface area (Å²) in [7, 11) is 0.357. The van der Waals surface area contributed by atoms with Crippen molar-refractivity contribution in [2.75, 3.05) is 38.7 Å². The van der Waals surface area contributed by atoms with Crippen molar-refractivity contribution in [2.45, 2.75) is 38.8 Å². The number of hydrogen-bond donors (Lipinski definition) is 2. The van der Waals surface area contributed by atoms with Crippen molar-refractivity contribution in [3.05, 3.63) is 0 Å². The van der Waals surface area contributed by atoms with E-state index in [-0.39, 0.29) is 23.6 Å². The lowest BCUT2D eigenvalue weighted by molar-refractivity contribution is 0.0302. The van der Waals surface area contributed by atoms with Crippen LogP contribution in [0.4, 0.5) is 4.79 Å². The van der Waals surface area contributed by atoms with Crippen molar-refractivity contribution in [1.82, 2.24) is 15.5 Å². The lowest BCUT2D eigenvalue weighted by Crippen LogP contribution is -2.46. The highest BCUT2D eigenvalue weighted by Crippen LogP contribution is 2.11. The Hall–Kier alpha value is -1.51. The second kappa shape index (κ2) is 7.85. The molecule has 1 aliphatic rings. The summed E-state index contributed by atoms with van der Waals surface area (Å²) in [6.45, 7) is 6.38. The van der Waals surface area contributed by atoms with Crippen molar-refractivity contribution < 1.29 is 17.9 Å². The monoisotopic (exact) mass is 348 g/mol. The number of amides is 1. The first kappa shape index (κ1) is 19.5. The first-order chi connectivity index (χ1) is 10.5. The Balaban J connectivity index is 2.34. The number of likely N-dealkylation sites (N-methyl/N-ethyl adjacent to an activating group) is 1. The lowest BCUT2D eigenvalue weighted by atomic mass is 10.2. The van der Waals surface area contributed by atoms with E-state index in [1.54, 1.807) is 14.1 Å². The molecule has 1 rings (SSSR count). The van der Waals surface area contributed by atoms with Crippen LogP contribution in [0, 0.1) is 0 Å². The molecule has 0 aromatic heterocycles. The van der Waals surface area contributed by atoms with Crippen LogP contribution in [0.3, 0.4) is 0 Å². The first-order valence-electron chi connectivity index (χ1n) is 7.64. The van der Waals surface area contributed by atoms with Crippen molar-refractivity contribution in [2.24, 2.45) is 4.99 Å². The van der Waals surface area contributed by atoms with Crippen LogP contribution >= 0.6 is 0 Å². The minimum Gasteiger partial charge on any atom is -0.444 e. The fourth-order valence-electron chi connectivity index (χ4n) is 2.07. The van der Waals surface area contributed by atoms with E-state index < -0.39 is 15.4 Å². The molecule has 1 aliphatic heterocycles. The minimum atomic E-state index is -2.93. The maximum Gasteiger partial charge on any atom is 0.410 e. The number of carbonyl (C=O) groups is 1. The van der Waals surface area contributed by atoms with E-state index in [4.69, 9.17) is 4.74 Å². The Morgan fingerprint density at radius 1 is 1.39 bits per heavy atom. The van der Waals surface area contributed by atoms with E-state index in [1.807, 2.05) is 20.8 Å². The van der Waals surface area contributed by atoms with Crippen LogP contribution in [-0.4, -0.2) is 75.7 Å². The van der Waals surface area contributed by atoms with E-state index in [0.717, 1.165) is 0 Å². The number of ether oxygens (including phenoxy) is 1. The molecular weight excluding hydrogens is 320 g/mol. The Kier molecular flexibility index (Phi) is 6.67. The van der Waals surface area contributed by atoms with Crippen LogP contribution in [0.25, 0.3) is 0 Å². The van der Waals surface area contributed by atoms with E-state index >= 15 is 0 Å². The summed E-state index contributed by atoms with van der Waals surface area (Å²) in [5.41, 5.74) is -0.523. The van der Waals surface area contributed by atoms with E-state index in [1.165, 1.54) is 4.90 Å². The maximum atomic E-state index is 11.8. The summed E-state index contributed by atoms with van der Waals surface area (Å²) in [5, 5.41) is 6.15. The molecule has 8 nitrogen and oxygen atoms in total. The average molecular weight is 348 g/mol. The molecule has 134 valence electrons. The van der Waals surface area contributed by atoms with Crippen molar-refractivity contribution >= 4 is 21.9 Å². The van der Waals surface area contributed by atoms with Gasteiger partial charge >= 0.3 is 6.09 Å². The predicted octanol–water partition coefficient (Wildman–Crippen LogP) is 0.205. The van der Waals surface area contributed by atoms with E-state index in [2.05, 4.69) is 15.6 Å². The molecule has 1 atom stereocenters. The highest BCUT2D eigenvalue weighted by molar-refractivity contribution is 7.91. The highest BCUT2D eigenvalue weighted by Gasteiger charge is 2.28. The Labute approximate surface area is 138 Å². The molecule has 1 saturated heterocycles. The van der Waals surface area contributed by atoms with Gasteiger partial charge in [0.25, 0.3) is 0 Å². The number of guanidine groups is 1. The van der Waals surface area contributed by atoms with Crippen LogP contribution < -0.4 is 10.6 Å². The molecule has 2 N–H and O–H groups in total. The van der Waals surface area contributed by atoms with Crippen LogP contribution in [0.15, 0.2) is 4.99 Å². The zero-order valence-electron chi connectivity index (χ0n) is 14.5. The third-order valence-corrected chi connectivity index (χ3v) is 5.01. The van der Waals surface area contributed by atoms with Gasteiger partial charge in [0, 0.05) is 33.2 Å². The van der Waals surface area contributed by atoms with Gasteiger partial charge in [-0.05, 0) is 27.2 Å². The fraction of sp³-hybridized carbons (Fsp3) is 0.857. The summed E-state index contributed by atoms with van der Waals surface area (Å²) >= 11 is 0. The van der Waals surface area contributed by atoms with Gasteiger partial charge < -0.3 is 20.3 Å². The molecule has 1 amide bonds. The minimum absolute atomic E-state index is 0.116. The number of nitrogens with zero attached hydrogens (tertiary/aromatic N) is 2. The number of nitrogens with one attached hydrogen (secondary N) is 2. The van der Waals surface area contributed by atoms with Crippen LogP contribution in [0.5, 0.6) is 0 Å². The average Bonchev–Trinajstić information content (AvgIpc) is 2.74. The zero-order valence-corrected chi connectivity index (χ0v) is 15.4. The number of rotatable bonds is 4. The summed E-state index contributed by atoms with van der Waals surface area (Å²) in [4.78, 5) is 17.4. The van der Waals surface area contributed by atoms with E-state index in [9.17, 15) is 13.2 Å². The highest BCUT2D eigenvalue weighted by atomic mass is 32.2. The lowest BCUT2D eigenvalue weighted by Gasteiger charge is -2.25. The molecule has 23 heavy (non-hydrogen) atoms. The van der Waals surface area contributed by atoms with E-state index in [0.29, 0.717) is 25.5 Å². The summed E-state index contributed by atoms with van der Waals surface area (Å²) in [6.07, 6.45) is 0.199. The Morgan fingerprint density at radius 3 is 2.52 bits per heavy atom. The smallest absolute Gasteiger partial charge is 0.410 e. The molecular formula is C14H28N4O4S. The number of hydrogen-bond acceptors (Lipinski definition) is 5. The molecule has 0 saturated carbocycles. The van der Waals surface area contributed by atoms with Gasteiger partial charge in [-0.2, -0.15) is 0 Å². The molecule has 0 aromatic rings. The molecule has 0 bridgehead atoms. The van der Waals surface area contributed by atoms with Gasteiger partial charge in [0.1, 0.15) is 5.60 Å². The van der Waals surface area contributed by atoms with Gasteiger partial charge in [-0.25, -0.2) is 13.2 Å². The van der Waals surface area contributed by atoms with Crippen molar-refractivity contribution in [3.8, 4) is 0 Å². The van der Waals surface area contributed by atoms with Gasteiger partial charge in [-0.15, -0.1) is 0 Å². The zero-order chi connectivity index (χ0) is 17.7. The first-order valence-corrected chi connectivity index (χ1v) is 9.46. The predicted molar refractivity (Wildman–Crippen MR) is 90.4 cm³/mol. The fourth-order valence-corrected chi connectivity index (χ4v) is 3.74.